The molecule has 1 saturated heterocycles. The van der Waals surface area contributed by atoms with Gasteiger partial charge in [0, 0.05) is 0 Å². The van der Waals surface area contributed by atoms with Gasteiger partial charge < -0.3 is 10.1 Å². The van der Waals surface area contributed by atoms with Crippen molar-refractivity contribution in [3.8, 4) is 0 Å². The minimum absolute atomic E-state index is 0. The number of piperidine rings is 1. The summed E-state index contributed by atoms with van der Waals surface area (Å²) in [5, 5.41) is 3.25. The molecule has 0 aromatic rings. The lowest BCUT2D eigenvalue weighted by molar-refractivity contribution is -0.158. The minimum Gasteiger partial charge on any atom is -0.462 e. The molecule has 1 aliphatic heterocycles. The highest BCUT2D eigenvalue weighted by atomic mass is 35.5. The number of carbonyl (C=O) groups excluding carboxylic acids is 1. The number of ether oxygens (including phenoxy) is 1. The van der Waals surface area contributed by atoms with E-state index in [2.05, 4.69) is 5.32 Å². The van der Waals surface area contributed by atoms with Gasteiger partial charge in [-0.3, -0.25) is 4.79 Å². The molecule has 2 fully saturated rings. The first-order valence-electron chi connectivity index (χ1n) is 5.27. The third-order valence-corrected chi connectivity index (χ3v) is 3.01. The van der Waals surface area contributed by atoms with Crippen LogP contribution in [-0.4, -0.2) is 25.2 Å². The topological polar surface area (TPSA) is 38.3 Å². The van der Waals surface area contributed by atoms with Gasteiger partial charge in [-0.25, -0.2) is 0 Å². The number of hydrogen-bond donors (Lipinski definition) is 1. The Balaban J connectivity index is 0.000000980. The Labute approximate surface area is 91.0 Å². The lowest BCUT2D eigenvalue weighted by atomic mass is 9.85. The second kappa shape index (κ2) is 5.56. The van der Waals surface area contributed by atoms with Gasteiger partial charge >= 0.3 is 5.97 Å². The lowest BCUT2D eigenvalue weighted by Gasteiger charge is -2.28. The molecule has 1 N–H and O–H groups in total. The number of carbonyl (C=O) groups is 1. The molecule has 0 aromatic carbocycles. The van der Waals surface area contributed by atoms with Gasteiger partial charge in [0.1, 0.15) is 6.10 Å². The Bertz CT molecular complexity index is 189. The van der Waals surface area contributed by atoms with E-state index in [4.69, 9.17) is 4.74 Å². The average Bonchev–Trinajstić information content (AvgIpc) is 2.02. The Kier molecular flexibility index (Phi) is 4.69. The van der Waals surface area contributed by atoms with Crippen molar-refractivity contribution in [3.63, 3.8) is 0 Å². The van der Waals surface area contributed by atoms with Crippen LogP contribution < -0.4 is 5.32 Å². The zero-order valence-electron chi connectivity index (χ0n) is 8.33. The van der Waals surface area contributed by atoms with Crippen LogP contribution in [0.5, 0.6) is 0 Å². The fourth-order valence-corrected chi connectivity index (χ4v) is 1.82. The van der Waals surface area contributed by atoms with Gasteiger partial charge in [0.25, 0.3) is 0 Å². The molecule has 14 heavy (non-hydrogen) atoms. The number of hydrogen-bond acceptors (Lipinski definition) is 3. The van der Waals surface area contributed by atoms with Crippen molar-refractivity contribution in [2.45, 2.75) is 38.2 Å². The quantitative estimate of drug-likeness (QED) is 0.716. The van der Waals surface area contributed by atoms with E-state index in [1.807, 2.05) is 0 Å². The van der Waals surface area contributed by atoms with Crippen molar-refractivity contribution in [1.29, 1.82) is 0 Å². The molecule has 0 bridgehead atoms. The predicted octanol–water partition coefficient (Wildman–Crippen LogP) is 1.50. The number of rotatable bonds is 2. The second-order valence-electron chi connectivity index (χ2n) is 4.01. The maximum atomic E-state index is 11.5. The van der Waals surface area contributed by atoms with E-state index in [0.717, 1.165) is 38.8 Å². The molecule has 3 nitrogen and oxygen atoms in total. The van der Waals surface area contributed by atoms with Crippen LogP contribution in [0.15, 0.2) is 0 Å². The summed E-state index contributed by atoms with van der Waals surface area (Å²) >= 11 is 0. The fraction of sp³-hybridized carbons (Fsp3) is 0.900. The highest BCUT2D eigenvalue weighted by molar-refractivity contribution is 5.85. The predicted molar refractivity (Wildman–Crippen MR) is 56.6 cm³/mol. The molecule has 0 atom stereocenters. The normalized spacial score (nSPS) is 23.4. The van der Waals surface area contributed by atoms with Gasteiger partial charge in [-0.2, -0.15) is 0 Å². The van der Waals surface area contributed by atoms with Crippen molar-refractivity contribution in [2.75, 3.05) is 13.1 Å². The average molecular weight is 220 g/mol. The van der Waals surface area contributed by atoms with E-state index in [1.54, 1.807) is 0 Å². The standard InChI is InChI=1S/C10H17NO2.ClH/c12-10(8-2-1-3-8)13-9-4-6-11-7-5-9;/h8-9,11H,1-7H2;1H. The second-order valence-corrected chi connectivity index (χ2v) is 4.01. The van der Waals surface area contributed by atoms with Gasteiger partial charge in [-0.15, -0.1) is 12.4 Å². The zero-order chi connectivity index (χ0) is 9.10. The molecule has 1 aliphatic carbocycles. The third-order valence-electron chi connectivity index (χ3n) is 3.01. The summed E-state index contributed by atoms with van der Waals surface area (Å²) in [5.74, 6) is 0.285. The number of esters is 1. The van der Waals surface area contributed by atoms with E-state index >= 15 is 0 Å². The summed E-state index contributed by atoms with van der Waals surface area (Å²) in [7, 11) is 0. The molecule has 1 saturated carbocycles. The SMILES string of the molecule is Cl.O=C(OC1CCNCC1)C1CCC1. The summed E-state index contributed by atoms with van der Waals surface area (Å²) in [5.41, 5.74) is 0. The third kappa shape index (κ3) is 2.85. The van der Waals surface area contributed by atoms with Crippen molar-refractivity contribution >= 4 is 18.4 Å². The lowest BCUT2D eigenvalue weighted by Crippen LogP contribution is -2.36. The molecule has 0 unspecified atom stereocenters. The van der Waals surface area contributed by atoms with Crippen molar-refractivity contribution in [1.82, 2.24) is 5.32 Å². The number of halogens is 1. The van der Waals surface area contributed by atoms with E-state index < -0.39 is 0 Å². The Morgan fingerprint density at radius 2 is 1.79 bits per heavy atom. The van der Waals surface area contributed by atoms with Crippen molar-refractivity contribution in [3.05, 3.63) is 0 Å². The summed E-state index contributed by atoms with van der Waals surface area (Å²) < 4.78 is 5.42. The van der Waals surface area contributed by atoms with Crippen LogP contribution >= 0.6 is 12.4 Å². The van der Waals surface area contributed by atoms with Crippen LogP contribution in [0, 0.1) is 5.92 Å². The van der Waals surface area contributed by atoms with Crippen LogP contribution in [0.2, 0.25) is 0 Å². The van der Waals surface area contributed by atoms with Crippen LogP contribution in [0.1, 0.15) is 32.1 Å². The molecular weight excluding hydrogens is 202 g/mol. The summed E-state index contributed by atoms with van der Waals surface area (Å²) in [6.45, 7) is 1.98. The molecular formula is C10H18ClNO2. The highest BCUT2D eigenvalue weighted by Crippen LogP contribution is 2.28. The van der Waals surface area contributed by atoms with Crippen LogP contribution in [-0.2, 0) is 9.53 Å². The van der Waals surface area contributed by atoms with E-state index in [0.29, 0.717) is 0 Å². The van der Waals surface area contributed by atoms with Crippen LogP contribution in [0.4, 0.5) is 0 Å². The Morgan fingerprint density at radius 3 is 2.29 bits per heavy atom. The first-order valence-corrected chi connectivity index (χ1v) is 5.27. The maximum Gasteiger partial charge on any atom is 0.309 e. The maximum absolute atomic E-state index is 11.5. The molecule has 2 aliphatic rings. The smallest absolute Gasteiger partial charge is 0.309 e. The molecule has 0 aromatic heterocycles. The van der Waals surface area contributed by atoms with Gasteiger partial charge in [0.05, 0.1) is 5.92 Å². The van der Waals surface area contributed by atoms with E-state index in [9.17, 15) is 4.79 Å². The number of nitrogens with one attached hydrogen (secondary N) is 1. The first kappa shape index (κ1) is 11.8. The minimum atomic E-state index is 0. The fourth-order valence-electron chi connectivity index (χ4n) is 1.82. The first-order chi connectivity index (χ1) is 6.36. The van der Waals surface area contributed by atoms with Crippen molar-refractivity contribution < 1.29 is 9.53 Å². The van der Waals surface area contributed by atoms with Gasteiger partial charge in [-0.05, 0) is 38.8 Å². The molecule has 2 rings (SSSR count). The molecule has 4 heteroatoms. The van der Waals surface area contributed by atoms with Gasteiger partial charge in [-0.1, -0.05) is 6.42 Å². The van der Waals surface area contributed by atoms with E-state index in [1.165, 1.54) is 6.42 Å². The summed E-state index contributed by atoms with van der Waals surface area (Å²) in [4.78, 5) is 11.5. The van der Waals surface area contributed by atoms with Gasteiger partial charge in [0.15, 0.2) is 0 Å². The summed E-state index contributed by atoms with van der Waals surface area (Å²) in [6, 6.07) is 0. The highest BCUT2D eigenvalue weighted by Gasteiger charge is 2.29. The largest absolute Gasteiger partial charge is 0.462 e. The molecule has 0 spiro atoms. The Morgan fingerprint density at radius 1 is 1.14 bits per heavy atom. The summed E-state index contributed by atoms with van der Waals surface area (Å²) in [6.07, 6.45) is 5.45. The molecule has 82 valence electrons. The molecule has 1 heterocycles. The zero-order valence-corrected chi connectivity index (χ0v) is 9.15. The van der Waals surface area contributed by atoms with Crippen LogP contribution in [0.25, 0.3) is 0 Å². The molecule has 0 radical (unpaired) electrons. The van der Waals surface area contributed by atoms with Gasteiger partial charge in [0.2, 0.25) is 0 Å². The molecule has 0 amide bonds. The van der Waals surface area contributed by atoms with E-state index in [-0.39, 0.29) is 30.4 Å². The van der Waals surface area contributed by atoms with Crippen LogP contribution in [0.3, 0.4) is 0 Å². The monoisotopic (exact) mass is 219 g/mol. The van der Waals surface area contributed by atoms with Crippen molar-refractivity contribution in [2.24, 2.45) is 5.92 Å². The Hall–Kier alpha value is -0.280.